The van der Waals surface area contributed by atoms with E-state index in [4.69, 9.17) is 9.47 Å². The number of aliphatic hydroxyl groups is 1. The number of benzene rings is 2. The van der Waals surface area contributed by atoms with Gasteiger partial charge in [-0.15, -0.1) is 0 Å². The van der Waals surface area contributed by atoms with Crippen LogP contribution in [0, 0.1) is 0 Å². The van der Waals surface area contributed by atoms with Crippen molar-refractivity contribution in [2.24, 2.45) is 0 Å². The monoisotopic (exact) mass is 256 g/mol. The van der Waals surface area contributed by atoms with Gasteiger partial charge in [-0.1, -0.05) is 36.4 Å². The molecule has 0 aliphatic carbocycles. The fourth-order valence-electron chi connectivity index (χ4n) is 2.26. The molecule has 1 fully saturated rings. The lowest BCUT2D eigenvalue weighted by molar-refractivity contribution is -0.0440. The highest BCUT2D eigenvalue weighted by Gasteiger charge is 2.18. The lowest BCUT2D eigenvalue weighted by atomic mass is 10.0. The van der Waals surface area contributed by atoms with E-state index in [2.05, 4.69) is 12.1 Å². The van der Waals surface area contributed by atoms with Crippen LogP contribution < -0.4 is 0 Å². The molecule has 0 atom stereocenters. The van der Waals surface area contributed by atoms with Crippen molar-refractivity contribution >= 4 is 0 Å². The van der Waals surface area contributed by atoms with Gasteiger partial charge in [-0.05, 0) is 28.8 Å². The van der Waals surface area contributed by atoms with E-state index < -0.39 is 0 Å². The molecule has 2 aromatic rings. The van der Waals surface area contributed by atoms with Gasteiger partial charge in [0.2, 0.25) is 0 Å². The van der Waals surface area contributed by atoms with Crippen molar-refractivity contribution in [3.63, 3.8) is 0 Å². The van der Waals surface area contributed by atoms with Gasteiger partial charge in [0.05, 0.1) is 19.8 Å². The maximum absolute atomic E-state index is 9.20. The molecule has 1 aliphatic rings. The molecule has 0 amide bonds. The zero-order chi connectivity index (χ0) is 13.1. The van der Waals surface area contributed by atoms with Gasteiger partial charge in [0.1, 0.15) is 0 Å². The van der Waals surface area contributed by atoms with E-state index in [9.17, 15) is 5.11 Å². The fourth-order valence-corrected chi connectivity index (χ4v) is 2.26. The van der Waals surface area contributed by atoms with Crippen LogP contribution in [-0.4, -0.2) is 18.3 Å². The number of rotatable bonds is 3. The molecule has 0 unspecified atom stereocenters. The third-order valence-electron chi connectivity index (χ3n) is 3.22. The molecular formula is C16H16O3. The van der Waals surface area contributed by atoms with Crippen molar-refractivity contribution in [3.05, 3.63) is 59.7 Å². The van der Waals surface area contributed by atoms with Crippen molar-refractivity contribution < 1.29 is 14.6 Å². The summed E-state index contributed by atoms with van der Waals surface area (Å²) in [6, 6.07) is 16.0. The Bertz CT molecular complexity index is 559. The topological polar surface area (TPSA) is 38.7 Å². The van der Waals surface area contributed by atoms with E-state index >= 15 is 0 Å². The van der Waals surface area contributed by atoms with Gasteiger partial charge in [0.25, 0.3) is 0 Å². The second-order valence-electron chi connectivity index (χ2n) is 4.56. The minimum Gasteiger partial charge on any atom is -0.392 e. The third kappa shape index (κ3) is 2.68. The van der Waals surface area contributed by atoms with E-state index in [0.29, 0.717) is 13.2 Å². The number of hydrogen-bond donors (Lipinski definition) is 1. The van der Waals surface area contributed by atoms with Crippen LogP contribution in [0.2, 0.25) is 0 Å². The van der Waals surface area contributed by atoms with Crippen LogP contribution >= 0.6 is 0 Å². The highest BCUT2D eigenvalue weighted by atomic mass is 16.7. The lowest BCUT2D eigenvalue weighted by Gasteiger charge is -2.11. The maximum Gasteiger partial charge on any atom is 0.184 e. The molecule has 1 heterocycles. The minimum absolute atomic E-state index is 0.0579. The third-order valence-corrected chi connectivity index (χ3v) is 3.22. The summed E-state index contributed by atoms with van der Waals surface area (Å²) in [6.07, 6.45) is -0.249. The number of aliphatic hydroxyl groups excluding tert-OH is 1. The van der Waals surface area contributed by atoms with E-state index in [-0.39, 0.29) is 12.9 Å². The second-order valence-corrected chi connectivity index (χ2v) is 4.56. The average molecular weight is 256 g/mol. The van der Waals surface area contributed by atoms with E-state index in [1.807, 2.05) is 36.4 Å². The van der Waals surface area contributed by atoms with Crippen LogP contribution in [0.3, 0.4) is 0 Å². The first kappa shape index (κ1) is 12.4. The predicted molar refractivity (Wildman–Crippen MR) is 72.4 cm³/mol. The molecule has 0 bridgehead atoms. The standard InChI is InChI=1S/C16H16O3/c17-11-12-3-1-4-13(9-12)14-5-2-6-15(10-14)16-18-7-8-19-16/h1-6,9-10,16-17H,7-8,11H2. The summed E-state index contributed by atoms with van der Waals surface area (Å²) in [7, 11) is 0. The first-order chi connectivity index (χ1) is 9.36. The van der Waals surface area contributed by atoms with Crippen LogP contribution in [0.15, 0.2) is 48.5 Å². The zero-order valence-electron chi connectivity index (χ0n) is 10.6. The molecule has 3 nitrogen and oxygen atoms in total. The summed E-state index contributed by atoms with van der Waals surface area (Å²) in [5, 5.41) is 9.20. The van der Waals surface area contributed by atoms with Gasteiger partial charge in [0.15, 0.2) is 6.29 Å². The van der Waals surface area contributed by atoms with Gasteiger partial charge in [-0.3, -0.25) is 0 Å². The Labute approximate surface area is 112 Å². The van der Waals surface area contributed by atoms with Crippen molar-refractivity contribution in [1.29, 1.82) is 0 Å². The van der Waals surface area contributed by atoms with Crippen molar-refractivity contribution in [3.8, 4) is 11.1 Å². The van der Waals surface area contributed by atoms with Gasteiger partial charge in [-0.2, -0.15) is 0 Å². The van der Waals surface area contributed by atoms with Crippen LogP contribution in [-0.2, 0) is 16.1 Å². The Kier molecular flexibility index (Phi) is 3.60. The summed E-state index contributed by atoms with van der Waals surface area (Å²) < 4.78 is 11.0. The Morgan fingerprint density at radius 3 is 2.37 bits per heavy atom. The highest BCUT2D eigenvalue weighted by molar-refractivity contribution is 5.65. The van der Waals surface area contributed by atoms with E-state index in [0.717, 1.165) is 22.3 Å². The van der Waals surface area contributed by atoms with Crippen molar-refractivity contribution in [2.75, 3.05) is 13.2 Å². The van der Waals surface area contributed by atoms with E-state index in [1.54, 1.807) is 0 Å². The minimum atomic E-state index is -0.249. The molecule has 3 rings (SSSR count). The summed E-state index contributed by atoms with van der Waals surface area (Å²) >= 11 is 0. The van der Waals surface area contributed by atoms with Gasteiger partial charge < -0.3 is 14.6 Å². The molecule has 3 heteroatoms. The average Bonchev–Trinajstić information content (AvgIpc) is 3.02. The molecule has 2 aromatic carbocycles. The first-order valence-corrected chi connectivity index (χ1v) is 6.40. The summed E-state index contributed by atoms with van der Waals surface area (Å²) in [4.78, 5) is 0. The fraction of sp³-hybridized carbons (Fsp3) is 0.250. The Morgan fingerprint density at radius 2 is 1.63 bits per heavy atom. The second kappa shape index (κ2) is 5.53. The Balaban J connectivity index is 1.93. The molecule has 0 aromatic heterocycles. The summed E-state index contributed by atoms with van der Waals surface area (Å²) in [5.74, 6) is 0. The number of hydrogen-bond acceptors (Lipinski definition) is 3. The van der Waals surface area contributed by atoms with Crippen molar-refractivity contribution in [1.82, 2.24) is 0 Å². The molecular weight excluding hydrogens is 240 g/mol. The van der Waals surface area contributed by atoms with Crippen LogP contribution in [0.4, 0.5) is 0 Å². The molecule has 1 saturated heterocycles. The Morgan fingerprint density at radius 1 is 0.947 bits per heavy atom. The highest BCUT2D eigenvalue weighted by Crippen LogP contribution is 2.28. The lowest BCUT2D eigenvalue weighted by Crippen LogP contribution is -1.97. The molecule has 0 saturated carbocycles. The van der Waals surface area contributed by atoms with Gasteiger partial charge in [0, 0.05) is 5.56 Å². The molecule has 0 radical (unpaired) electrons. The first-order valence-electron chi connectivity index (χ1n) is 6.40. The quantitative estimate of drug-likeness (QED) is 0.917. The SMILES string of the molecule is OCc1cccc(-c2cccc(C3OCCO3)c2)c1. The smallest absolute Gasteiger partial charge is 0.184 e. The molecule has 1 N–H and O–H groups in total. The zero-order valence-corrected chi connectivity index (χ0v) is 10.6. The van der Waals surface area contributed by atoms with Gasteiger partial charge >= 0.3 is 0 Å². The molecule has 19 heavy (non-hydrogen) atoms. The van der Waals surface area contributed by atoms with Crippen LogP contribution in [0.5, 0.6) is 0 Å². The normalized spacial score (nSPS) is 15.8. The molecule has 0 spiro atoms. The number of ether oxygens (including phenoxy) is 2. The van der Waals surface area contributed by atoms with Crippen LogP contribution in [0.1, 0.15) is 17.4 Å². The van der Waals surface area contributed by atoms with E-state index in [1.165, 1.54) is 0 Å². The van der Waals surface area contributed by atoms with Crippen LogP contribution in [0.25, 0.3) is 11.1 Å². The maximum atomic E-state index is 9.20. The van der Waals surface area contributed by atoms with Gasteiger partial charge in [-0.25, -0.2) is 0 Å². The summed E-state index contributed by atoms with van der Waals surface area (Å²) in [5.41, 5.74) is 4.14. The summed E-state index contributed by atoms with van der Waals surface area (Å²) in [6.45, 7) is 1.35. The molecule has 1 aliphatic heterocycles. The van der Waals surface area contributed by atoms with Crippen molar-refractivity contribution in [2.45, 2.75) is 12.9 Å². The molecule has 98 valence electrons. The largest absolute Gasteiger partial charge is 0.392 e. The Hall–Kier alpha value is -1.68. The predicted octanol–water partition coefficient (Wildman–Crippen LogP) is 2.89.